The lowest BCUT2D eigenvalue weighted by molar-refractivity contribution is -0.113. The van der Waals surface area contributed by atoms with E-state index in [9.17, 15) is 17.6 Å². The van der Waals surface area contributed by atoms with Crippen molar-refractivity contribution in [1.29, 1.82) is 0 Å². The number of carbonyl (C=O) groups is 1. The number of carbonyl (C=O) groups excluding carboxylic acids is 1. The van der Waals surface area contributed by atoms with Crippen molar-refractivity contribution in [1.82, 2.24) is 9.29 Å². The van der Waals surface area contributed by atoms with Crippen molar-refractivity contribution in [3.05, 3.63) is 102 Å². The second-order valence-electron chi connectivity index (χ2n) is 7.48. The largest absolute Gasteiger partial charge is 0.322 e. The van der Waals surface area contributed by atoms with E-state index in [0.29, 0.717) is 17.7 Å². The summed E-state index contributed by atoms with van der Waals surface area (Å²) in [6.07, 6.45) is 6.21. The molecule has 164 valence electrons. The molecule has 0 spiro atoms. The van der Waals surface area contributed by atoms with Crippen molar-refractivity contribution in [3.8, 4) is 0 Å². The smallest absolute Gasteiger partial charge is 0.251 e. The predicted octanol–water partition coefficient (Wildman–Crippen LogP) is 3.77. The standard InChI is InChI=1S/C24H22FN3O3S/c25-21-3-7-23(8-4-21)32(30,31)28-15-11-20(12-16-28)24(29)27-22-5-1-18(2-6-22)17-19-9-13-26-14-10-19/h1-11,13-14H,12,15-17H2,(H,27,29). The first-order chi connectivity index (χ1) is 15.4. The molecule has 0 fully saturated rings. The average molecular weight is 452 g/mol. The van der Waals surface area contributed by atoms with Crippen molar-refractivity contribution in [3.63, 3.8) is 0 Å². The second kappa shape index (κ2) is 9.42. The van der Waals surface area contributed by atoms with Gasteiger partial charge in [-0.15, -0.1) is 0 Å². The zero-order valence-corrected chi connectivity index (χ0v) is 18.1. The number of amides is 1. The van der Waals surface area contributed by atoms with Crippen LogP contribution in [0, 0.1) is 5.82 Å². The highest BCUT2D eigenvalue weighted by atomic mass is 32.2. The Labute approximate surface area is 186 Å². The first-order valence-corrected chi connectivity index (χ1v) is 11.6. The van der Waals surface area contributed by atoms with E-state index in [0.717, 1.165) is 29.7 Å². The lowest BCUT2D eigenvalue weighted by Gasteiger charge is -2.25. The SMILES string of the molecule is O=C(Nc1ccc(Cc2ccncc2)cc1)C1=CCN(S(=O)(=O)c2ccc(F)cc2)CC1. The Morgan fingerprint density at radius 3 is 2.25 bits per heavy atom. The number of sulfonamides is 1. The van der Waals surface area contributed by atoms with Gasteiger partial charge in [0.2, 0.25) is 10.0 Å². The maximum absolute atomic E-state index is 13.1. The van der Waals surface area contributed by atoms with Crippen molar-refractivity contribution < 1.29 is 17.6 Å². The summed E-state index contributed by atoms with van der Waals surface area (Å²) in [7, 11) is -3.73. The van der Waals surface area contributed by atoms with E-state index < -0.39 is 15.8 Å². The lowest BCUT2D eigenvalue weighted by Crippen LogP contribution is -2.36. The highest BCUT2D eigenvalue weighted by molar-refractivity contribution is 7.89. The monoisotopic (exact) mass is 451 g/mol. The molecule has 0 radical (unpaired) electrons. The zero-order valence-electron chi connectivity index (χ0n) is 17.2. The average Bonchev–Trinajstić information content (AvgIpc) is 2.81. The van der Waals surface area contributed by atoms with Gasteiger partial charge in [0.15, 0.2) is 0 Å². The number of benzene rings is 2. The molecule has 2 aromatic carbocycles. The first-order valence-electron chi connectivity index (χ1n) is 10.2. The molecule has 1 amide bonds. The summed E-state index contributed by atoms with van der Waals surface area (Å²) in [6, 6.07) is 16.3. The molecule has 4 rings (SSSR count). The van der Waals surface area contributed by atoms with Crippen molar-refractivity contribution in [2.45, 2.75) is 17.7 Å². The topological polar surface area (TPSA) is 79.4 Å². The van der Waals surface area contributed by atoms with Gasteiger partial charge in [-0.2, -0.15) is 4.31 Å². The Morgan fingerprint density at radius 1 is 0.969 bits per heavy atom. The Balaban J connectivity index is 1.36. The van der Waals surface area contributed by atoms with Crippen LogP contribution in [0.4, 0.5) is 10.1 Å². The van der Waals surface area contributed by atoms with Gasteiger partial charge >= 0.3 is 0 Å². The number of nitrogens with one attached hydrogen (secondary N) is 1. The molecular formula is C24H22FN3O3S. The summed E-state index contributed by atoms with van der Waals surface area (Å²) in [5.74, 6) is -0.738. The van der Waals surface area contributed by atoms with E-state index in [1.54, 1.807) is 18.5 Å². The maximum atomic E-state index is 13.1. The number of nitrogens with zero attached hydrogens (tertiary/aromatic N) is 2. The minimum absolute atomic E-state index is 0.0343. The molecule has 1 aliphatic rings. The van der Waals surface area contributed by atoms with Crippen molar-refractivity contribution in [2.24, 2.45) is 0 Å². The van der Waals surface area contributed by atoms with Crippen LogP contribution < -0.4 is 5.32 Å². The summed E-state index contributed by atoms with van der Waals surface area (Å²) in [4.78, 5) is 16.7. The molecular weight excluding hydrogens is 429 g/mol. The third kappa shape index (κ3) is 5.09. The Hall–Kier alpha value is -3.36. The van der Waals surface area contributed by atoms with Gasteiger partial charge in [-0.25, -0.2) is 12.8 Å². The van der Waals surface area contributed by atoms with E-state index in [1.165, 1.54) is 16.4 Å². The fourth-order valence-corrected chi connectivity index (χ4v) is 4.86. The fourth-order valence-electron chi connectivity index (χ4n) is 3.48. The quantitative estimate of drug-likeness (QED) is 0.619. The van der Waals surface area contributed by atoms with Crippen LogP contribution in [0.15, 0.2) is 89.6 Å². The molecule has 3 aromatic rings. The number of rotatable bonds is 6. The summed E-state index contributed by atoms with van der Waals surface area (Å²) in [5, 5.41) is 2.87. The Bertz CT molecular complexity index is 1230. The summed E-state index contributed by atoms with van der Waals surface area (Å²) >= 11 is 0. The molecule has 0 aliphatic carbocycles. The third-order valence-electron chi connectivity index (χ3n) is 5.28. The van der Waals surface area contributed by atoms with Crippen LogP contribution in [0.2, 0.25) is 0 Å². The van der Waals surface area contributed by atoms with E-state index in [1.807, 2.05) is 36.4 Å². The molecule has 0 saturated carbocycles. The van der Waals surface area contributed by atoms with Crippen LogP contribution in [0.5, 0.6) is 0 Å². The first kappa shape index (κ1) is 21.9. The minimum Gasteiger partial charge on any atom is -0.322 e. The van der Waals surface area contributed by atoms with E-state index in [2.05, 4.69) is 10.3 Å². The Morgan fingerprint density at radius 2 is 1.62 bits per heavy atom. The zero-order chi connectivity index (χ0) is 22.6. The summed E-state index contributed by atoms with van der Waals surface area (Å²) in [6.45, 7) is 0.275. The van der Waals surface area contributed by atoms with Gasteiger partial charge in [-0.1, -0.05) is 18.2 Å². The van der Waals surface area contributed by atoms with Gasteiger partial charge < -0.3 is 5.32 Å². The maximum Gasteiger partial charge on any atom is 0.251 e. The van der Waals surface area contributed by atoms with Gasteiger partial charge in [-0.3, -0.25) is 9.78 Å². The lowest BCUT2D eigenvalue weighted by atomic mass is 10.1. The number of aromatic nitrogens is 1. The van der Waals surface area contributed by atoms with E-state index in [-0.39, 0.29) is 23.9 Å². The summed E-state index contributed by atoms with van der Waals surface area (Å²) < 4.78 is 39.8. The molecule has 0 unspecified atom stereocenters. The number of hydrogen-bond donors (Lipinski definition) is 1. The van der Waals surface area contributed by atoms with Crippen molar-refractivity contribution in [2.75, 3.05) is 18.4 Å². The third-order valence-corrected chi connectivity index (χ3v) is 7.16. The highest BCUT2D eigenvalue weighted by Crippen LogP contribution is 2.22. The second-order valence-corrected chi connectivity index (χ2v) is 9.42. The molecule has 1 aromatic heterocycles. The Kier molecular flexibility index (Phi) is 6.43. The molecule has 0 atom stereocenters. The fraction of sp³-hybridized carbons (Fsp3) is 0.167. The molecule has 8 heteroatoms. The molecule has 2 heterocycles. The molecule has 0 bridgehead atoms. The van der Waals surface area contributed by atoms with Crippen LogP contribution in [0.1, 0.15) is 17.5 Å². The van der Waals surface area contributed by atoms with Crippen molar-refractivity contribution >= 4 is 21.6 Å². The van der Waals surface area contributed by atoms with Gasteiger partial charge in [0, 0.05) is 36.7 Å². The van der Waals surface area contributed by atoms with E-state index in [4.69, 9.17) is 0 Å². The molecule has 1 aliphatic heterocycles. The molecule has 6 nitrogen and oxygen atoms in total. The molecule has 1 N–H and O–H groups in total. The van der Waals surface area contributed by atoms with Gasteiger partial charge in [0.05, 0.1) is 4.90 Å². The normalized spacial score (nSPS) is 14.6. The van der Waals surface area contributed by atoms with Crippen LogP contribution in [0.3, 0.4) is 0 Å². The number of pyridine rings is 1. The predicted molar refractivity (Wildman–Crippen MR) is 120 cm³/mol. The van der Waals surface area contributed by atoms with Crippen LogP contribution >= 0.6 is 0 Å². The number of halogens is 1. The van der Waals surface area contributed by atoms with Crippen LogP contribution in [-0.2, 0) is 21.2 Å². The van der Waals surface area contributed by atoms with Crippen LogP contribution in [-0.4, -0.2) is 36.7 Å². The van der Waals surface area contributed by atoms with Crippen LogP contribution in [0.25, 0.3) is 0 Å². The van der Waals surface area contributed by atoms with Gasteiger partial charge in [0.25, 0.3) is 5.91 Å². The van der Waals surface area contributed by atoms with E-state index >= 15 is 0 Å². The molecule has 32 heavy (non-hydrogen) atoms. The van der Waals surface area contributed by atoms with Gasteiger partial charge in [-0.05, 0) is 72.5 Å². The highest BCUT2D eigenvalue weighted by Gasteiger charge is 2.27. The summed E-state index contributed by atoms with van der Waals surface area (Å²) in [5.41, 5.74) is 3.49. The minimum atomic E-state index is -3.73. The number of anilines is 1. The van der Waals surface area contributed by atoms with Gasteiger partial charge in [0.1, 0.15) is 5.82 Å². The molecule has 0 saturated heterocycles. The number of hydrogen-bond acceptors (Lipinski definition) is 4.